The Kier molecular flexibility index (Phi) is 4.84. The minimum absolute atomic E-state index is 0.228. The van der Waals surface area contributed by atoms with Crippen molar-refractivity contribution in [3.8, 4) is 0 Å². The Balaban J connectivity index is 2.89. The molecule has 0 aliphatic heterocycles. The fraction of sp³-hybridized carbons (Fsp3) is 0.250. The molecule has 0 saturated carbocycles. The lowest BCUT2D eigenvalue weighted by Crippen LogP contribution is -2.17. The third kappa shape index (κ3) is 3.54. The van der Waals surface area contributed by atoms with E-state index in [0.717, 1.165) is 5.56 Å². The smallest absolute Gasteiger partial charge is 0.101 e. The molecule has 16 heavy (non-hydrogen) atoms. The molecule has 1 aromatic carbocycles. The first-order chi connectivity index (χ1) is 7.52. The zero-order valence-corrected chi connectivity index (χ0v) is 10.8. The maximum Gasteiger partial charge on any atom is 0.101 e. The van der Waals surface area contributed by atoms with Gasteiger partial charge in [0.15, 0.2) is 0 Å². The molecule has 0 radical (unpaired) electrons. The van der Waals surface area contributed by atoms with Crippen molar-refractivity contribution in [2.75, 3.05) is 0 Å². The third-order valence-corrected chi connectivity index (χ3v) is 2.72. The third-order valence-electron chi connectivity index (χ3n) is 2.06. The monoisotopic (exact) mass is 256 g/mol. The van der Waals surface area contributed by atoms with Crippen LogP contribution in [0.4, 0.5) is 0 Å². The van der Waals surface area contributed by atoms with Gasteiger partial charge in [-0.15, -0.1) is 0 Å². The van der Waals surface area contributed by atoms with Gasteiger partial charge < -0.3 is 5.73 Å². The molecule has 86 valence electrons. The minimum Gasteiger partial charge on any atom is -0.387 e. The Morgan fingerprint density at radius 2 is 1.88 bits per heavy atom. The molecular formula is C12H14Cl2N2. The molecule has 0 amide bonds. The molecule has 1 aromatic rings. The predicted molar refractivity (Wildman–Crippen MR) is 72.0 cm³/mol. The van der Waals surface area contributed by atoms with Crippen LogP contribution in [-0.4, -0.2) is 5.84 Å². The van der Waals surface area contributed by atoms with Gasteiger partial charge in [-0.2, -0.15) is 0 Å². The van der Waals surface area contributed by atoms with Crippen molar-refractivity contribution in [2.45, 2.75) is 13.8 Å². The van der Waals surface area contributed by atoms with Crippen molar-refractivity contribution in [3.05, 3.63) is 40.0 Å². The maximum absolute atomic E-state index is 5.99. The zero-order chi connectivity index (χ0) is 12.1. The quantitative estimate of drug-likeness (QED) is 0.645. The highest BCUT2D eigenvalue weighted by atomic mass is 35.5. The summed E-state index contributed by atoms with van der Waals surface area (Å²) >= 11 is 12.0. The average molecular weight is 257 g/mol. The van der Waals surface area contributed by atoms with Gasteiger partial charge in [0.25, 0.3) is 0 Å². The zero-order valence-electron chi connectivity index (χ0n) is 9.24. The van der Waals surface area contributed by atoms with Crippen molar-refractivity contribution < 1.29 is 0 Å². The predicted octanol–water partition coefficient (Wildman–Crippen LogP) is 3.98. The van der Waals surface area contributed by atoms with Crippen LogP contribution >= 0.6 is 23.2 Å². The summed E-state index contributed by atoms with van der Waals surface area (Å²) in [5, 5.41) is 1.20. The van der Waals surface area contributed by atoms with Crippen LogP contribution < -0.4 is 5.73 Å². The van der Waals surface area contributed by atoms with Gasteiger partial charge in [-0.1, -0.05) is 43.1 Å². The number of rotatable bonds is 3. The van der Waals surface area contributed by atoms with Gasteiger partial charge in [-0.05, 0) is 18.2 Å². The van der Waals surface area contributed by atoms with Crippen LogP contribution in [0.15, 0.2) is 29.4 Å². The van der Waals surface area contributed by atoms with E-state index in [1.807, 2.05) is 13.8 Å². The number of amidine groups is 1. The number of hydrogen-bond donors (Lipinski definition) is 1. The highest BCUT2D eigenvalue weighted by molar-refractivity contribution is 6.37. The van der Waals surface area contributed by atoms with Crippen molar-refractivity contribution >= 4 is 35.1 Å². The van der Waals surface area contributed by atoms with E-state index in [0.29, 0.717) is 15.9 Å². The topological polar surface area (TPSA) is 38.4 Å². The maximum atomic E-state index is 5.99. The first-order valence-corrected chi connectivity index (χ1v) is 5.71. The fourth-order valence-corrected chi connectivity index (χ4v) is 1.54. The number of nitrogens with zero attached hydrogens (tertiary/aromatic N) is 1. The number of hydrogen-bond acceptors (Lipinski definition) is 1. The molecule has 0 aliphatic rings. The number of benzene rings is 1. The molecule has 2 nitrogen and oxygen atoms in total. The molecule has 0 aromatic heterocycles. The van der Waals surface area contributed by atoms with E-state index < -0.39 is 0 Å². The molecular weight excluding hydrogens is 243 g/mol. The Labute approximate surface area is 106 Å². The van der Waals surface area contributed by atoms with Crippen molar-refractivity contribution in [3.63, 3.8) is 0 Å². The summed E-state index contributed by atoms with van der Waals surface area (Å²) < 4.78 is 0. The van der Waals surface area contributed by atoms with E-state index in [9.17, 15) is 0 Å². The second-order valence-electron chi connectivity index (χ2n) is 3.66. The summed E-state index contributed by atoms with van der Waals surface area (Å²) in [6.07, 6.45) is 3.36. The second-order valence-corrected chi connectivity index (χ2v) is 4.47. The molecule has 2 N–H and O–H groups in total. The van der Waals surface area contributed by atoms with Crippen LogP contribution in [0.3, 0.4) is 0 Å². The molecule has 0 saturated heterocycles. The van der Waals surface area contributed by atoms with Gasteiger partial charge in [-0.3, -0.25) is 0 Å². The Hall–Kier alpha value is -0.990. The molecule has 4 heteroatoms. The van der Waals surface area contributed by atoms with Crippen molar-refractivity contribution in [2.24, 2.45) is 16.6 Å². The van der Waals surface area contributed by atoms with Gasteiger partial charge in [0.05, 0.1) is 0 Å². The summed E-state index contributed by atoms with van der Waals surface area (Å²) in [5.74, 6) is 0.811. The fourth-order valence-electron chi connectivity index (χ4n) is 1.02. The van der Waals surface area contributed by atoms with Gasteiger partial charge in [0, 0.05) is 27.7 Å². The molecule has 0 heterocycles. The lowest BCUT2D eigenvalue weighted by molar-refractivity contribution is 0.872. The number of nitrogens with two attached hydrogens (primary N) is 1. The Morgan fingerprint density at radius 1 is 1.31 bits per heavy atom. The summed E-state index contributed by atoms with van der Waals surface area (Å²) in [6, 6.07) is 5.36. The Morgan fingerprint density at radius 3 is 2.38 bits per heavy atom. The van der Waals surface area contributed by atoms with Crippen LogP contribution in [0.25, 0.3) is 6.08 Å². The van der Waals surface area contributed by atoms with Gasteiger partial charge in [-0.25, -0.2) is 4.99 Å². The largest absolute Gasteiger partial charge is 0.387 e. The van der Waals surface area contributed by atoms with Crippen LogP contribution in [0.2, 0.25) is 10.0 Å². The van der Waals surface area contributed by atoms with E-state index in [1.54, 1.807) is 30.5 Å². The van der Waals surface area contributed by atoms with Gasteiger partial charge >= 0.3 is 0 Å². The molecule has 0 aliphatic carbocycles. The van der Waals surface area contributed by atoms with Crippen LogP contribution in [0.5, 0.6) is 0 Å². The summed E-state index contributed by atoms with van der Waals surface area (Å²) in [4.78, 5) is 4.10. The first kappa shape index (κ1) is 13.1. The van der Waals surface area contributed by atoms with E-state index in [4.69, 9.17) is 28.9 Å². The number of aliphatic imine (C=N–C) groups is 1. The molecule has 0 spiro atoms. The van der Waals surface area contributed by atoms with Crippen LogP contribution in [0.1, 0.15) is 19.4 Å². The van der Waals surface area contributed by atoms with E-state index in [1.165, 1.54) is 0 Å². The molecule has 0 atom stereocenters. The van der Waals surface area contributed by atoms with Crippen molar-refractivity contribution in [1.29, 1.82) is 0 Å². The SMILES string of the molecule is CC(C)C(N)=NC=Cc1c(Cl)cccc1Cl. The van der Waals surface area contributed by atoms with E-state index >= 15 is 0 Å². The summed E-state index contributed by atoms with van der Waals surface area (Å²) in [6.45, 7) is 3.96. The lowest BCUT2D eigenvalue weighted by atomic mass is 10.2. The lowest BCUT2D eigenvalue weighted by Gasteiger charge is -2.02. The average Bonchev–Trinajstić information content (AvgIpc) is 2.22. The van der Waals surface area contributed by atoms with Crippen LogP contribution in [0, 0.1) is 5.92 Å². The standard InChI is InChI=1S/C12H14Cl2N2/c1-8(2)12(15)16-7-6-9-10(13)4-3-5-11(9)14/h3-8H,1-2H3,(H2,15,16). The molecule has 0 unspecified atom stereocenters. The molecule has 1 rings (SSSR count). The van der Waals surface area contributed by atoms with Crippen molar-refractivity contribution in [1.82, 2.24) is 0 Å². The van der Waals surface area contributed by atoms with Gasteiger partial charge in [0.2, 0.25) is 0 Å². The molecule has 0 fully saturated rings. The van der Waals surface area contributed by atoms with E-state index in [2.05, 4.69) is 4.99 Å². The first-order valence-electron chi connectivity index (χ1n) is 4.96. The normalized spacial score (nSPS) is 12.7. The highest BCUT2D eigenvalue weighted by Gasteiger charge is 2.01. The molecule has 0 bridgehead atoms. The summed E-state index contributed by atoms with van der Waals surface area (Å²) in [5.41, 5.74) is 6.45. The highest BCUT2D eigenvalue weighted by Crippen LogP contribution is 2.25. The number of halogens is 2. The Bertz CT molecular complexity index is 403. The second kappa shape index (κ2) is 5.92. The van der Waals surface area contributed by atoms with E-state index in [-0.39, 0.29) is 5.92 Å². The van der Waals surface area contributed by atoms with Gasteiger partial charge in [0.1, 0.15) is 5.84 Å². The van der Waals surface area contributed by atoms with Crippen LogP contribution in [-0.2, 0) is 0 Å². The summed E-state index contributed by atoms with van der Waals surface area (Å²) in [7, 11) is 0. The minimum atomic E-state index is 0.228.